The van der Waals surface area contributed by atoms with E-state index in [1.807, 2.05) is 0 Å². The molecule has 0 bridgehead atoms. The first-order chi connectivity index (χ1) is 15.4. The van der Waals surface area contributed by atoms with Gasteiger partial charge in [-0.2, -0.15) is 17.5 Å². The highest BCUT2D eigenvalue weighted by Gasteiger charge is 2.44. The Labute approximate surface area is 185 Å². The summed E-state index contributed by atoms with van der Waals surface area (Å²) in [6.07, 6.45) is -5.56. The summed E-state index contributed by atoms with van der Waals surface area (Å²) in [5.74, 6) is -0.312. The van der Waals surface area contributed by atoms with E-state index in [4.69, 9.17) is 0 Å². The van der Waals surface area contributed by atoms with E-state index in [9.17, 15) is 34.8 Å². The molecule has 1 saturated carbocycles. The minimum atomic E-state index is -4.84. The van der Waals surface area contributed by atoms with E-state index in [0.717, 1.165) is 21.4 Å². The van der Waals surface area contributed by atoms with E-state index in [0.29, 0.717) is 19.0 Å². The molecule has 3 heterocycles. The number of hydrogen-bond donors (Lipinski definition) is 1. The fourth-order valence-electron chi connectivity index (χ4n) is 3.61. The van der Waals surface area contributed by atoms with Gasteiger partial charge in [0, 0.05) is 25.5 Å². The summed E-state index contributed by atoms with van der Waals surface area (Å²) in [5.41, 5.74) is -2.16. The second-order valence-corrected chi connectivity index (χ2v) is 10.2. The van der Waals surface area contributed by atoms with Crippen molar-refractivity contribution >= 4 is 16.0 Å². The molecule has 1 saturated heterocycles. The maximum atomic E-state index is 14.7. The van der Waals surface area contributed by atoms with E-state index in [1.165, 1.54) is 0 Å². The number of rotatable bonds is 7. The number of sulfonamides is 1. The smallest absolute Gasteiger partial charge is 0.348 e. The van der Waals surface area contributed by atoms with Crippen LogP contribution in [0.25, 0.3) is 11.4 Å². The molecular formula is C18H20F6N6O2S. The molecule has 1 aliphatic carbocycles. The van der Waals surface area contributed by atoms with Gasteiger partial charge in [-0.1, -0.05) is 0 Å². The van der Waals surface area contributed by atoms with Gasteiger partial charge in [0.25, 0.3) is 6.43 Å². The molecule has 2 aliphatic rings. The molecule has 0 spiro atoms. The number of aromatic nitrogens is 4. The summed E-state index contributed by atoms with van der Waals surface area (Å²) in [4.78, 5) is 11.2. The SMILES string of the molecule is O=S(=O)(C1CC1)N1CC[C@H](Nc2ncc(C(F)(F)F)c(-c3cn(CC(F)F)cn3)n2)[C@H](F)C1. The van der Waals surface area contributed by atoms with Gasteiger partial charge in [0.05, 0.1) is 24.2 Å². The second kappa shape index (κ2) is 8.74. The van der Waals surface area contributed by atoms with Crippen molar-refractivity contribution in [3.63, 3.8) is 0 Å². The molecule has 2 atom stereocenters. The molecule has 1 aliphatic heterocycles. The van der Waals surface area contributed by atoms with E-state index >= 15 is 0 Å². The maximum Gasteiger partial charge on any atom is 0.420 e. The molecule has 8 nitrogen and oxygen atoms in total. The summed E-state index contributed by atoms with van der Waals surface area (Å²) >= 11 is 0. The summed E-state index contributed by atoms with van der Waals surface area (Å²) < 4.78 is 107. The monoisotopic (exact) mass is 498 g/mol. The lowest BCUT2D eigenvalue weighted by molar-refractivity contribution is -0.137. The Morgan fingerprint density at radius 1 is 1.18 bits per heavy atom. The van der Waals surface area contributed by atoms with Crippen LogP contribution in [0.3, 0.4) is 0 Å². The van der Waals surface area contributed by atoms with Crippen LogP contribution in [0.15, 0.2) is 18.7 Å². The van der Waals surface area contributed by atoms with Crippen molar-refractivity contribution in [2.24, 2.45) is 0 Å². The standard InChI is InChI=1S/C18H20F6N6O2S/c19-12-6-30(33(31,32)10-1-2-10)4-3-13(12)27-17-25-5-11(18(22,23)24)16(28-17)14-7-29(9-26-14)8-15(20)21/h5,7,9-10,12-13,15H,1-4,6,8H2,(H,25,27,28)/t12-,13+/m1/s1. The van der Waals surface area contributed by atoms with Crippen LogP contribution in [0, 0.1) is 0 Å². The van der Waals surface area contributed by atoms with Crippen molar-refractivity contribution in [3.8, 4) is 11.4 Å². The van der Waals surface area contributed by atoms with Crippen molar-refractivity contribution < 1.29 is 34.8 Å². The van der Waals surface area contributed by atoms with Crippen LogP contribution in [-0.2, 0) is 22.7 Å². The van der Waals surface area contributed by atoms with Gasteiger partial charge >= 0.3 is 6.18 Å². The normalized spacial score (nSPS) is 22.6. The molecule has 2 aromatic rings. The summed E-state index contributed by atoms with van der Waals surface area (Å²) in [6, 6.07) is -0.920. The van der Waals surface area contributed by atoms with Crippen LogP contribution in [-0.4, -0.2) is 69.2 Å². The fraction of sp³-hybridized carbons (Fsp3) is 0.611. The van der Waals surface area contributed by atoms with Gasteiger partial charge in [0.2, 0.25) is 16.0 Å². The molecule has 0 radical (unpaired) electrons. The predicted molar refractivity (Wildman–Crippen MR) is 105 cm³/mol. The van der Waals surface area contributed by atoms with Gasteiger partial charge < -0.3 is 9.88 Å². The zero-order valence-electron chi connectivity index (χ0n) is 17.0. The third-order valence-electron chi connectivity index (χ3n) is 5.44. The number of imidazole rings is 1. The predicted octanol–water partition coefficient (Wildman–Crippen LogP) is 2.94. The molecule has 4 rings (SSSR count). The van der Waals surface area contributed by atoms with Gasteiger partial charge in [-0.15, -0.1) is 0 Å². The summed E-state index contributed by atoms with van der Waals surface area (Å²) in [5, 5.41) is 2.16. The Balaban J connectivity index is 1.54. The summed E-state index contributed by atoms with van der Waals surface area (Å²) in [7, 11) is -3.54. The van der Waals surface area contributed by atoms with Gasteiger partial charge in [-0.05, 0) is 19.3 Å². The van der Waals surface area contributed by atoms with Crippen LogP contribution in [0.2, 0.25) is 0 Å². The zero-order chi connectivity index (χ0) is 24.0. The van der Waals surface area contributed by atoms with Crippen molar-refractivity contribution in [2.75, 3.05) is 18.4 Å². The minimum Gasteiger partial charge on any atom is -0.348 e. The molecule has 2 fully saturated rings. The lowest BCUT2D eigenvalue weighted by Gasteiger charge is -2.34. The minimum absolute atomic E-state index is 0.0580. The highest BCUT2D eigenvalue weighted by atomic mass is 32.2. The Hall–Kier alpha value is -2.42. The molecular weight excluding hydrogens is 478 g/mol. The molecule has 2 aromatic heterocycles. The average Bonchev–Trinajstić information content (AvgIpc) is 3.49. The summed E-state index contributed by atoms with van der Waals surface area (Å²) in [6.45, 7) is -1.07. The lowest BCUT2D eigenvalue weighted by Crippen LogP contribution is -2.50. The van der Waals surface area contributed by atoms with Crippen LogP contribution in [0.5, 0.6) is 0 Å². The van der Waals surface area contributed by atoms with Gasteiger partial charge in [-0.3, -0.25) is 0 Å². The number of anilines is 1. The Bertz CT molecular complexity index is 1100. The van der Waals surface area contributed by atoms with Gasteiger partial charge in [0.1, 0.15) is 23.1 Å². The highest BCUT2D eigenvalue weighted by molar-refractivity contribution is 7.90. The lowest BCUT2D eigenvalue weighted by atomic mass is 10.1. The topological polar surface area (TPSA) is 93.0 Å². The largest absolute Gasteiger partial charge is 0.420 e. The van der Waals surface area contributed by atoms with Crippen molar-refractivity contribution in [1.29, 1.82) is 0 Å². The molecule has 33 heavy (non-hydrogen) atoms. The first-order valence-electron chi connectivity index (χ1n) is 10.1. The number of alkyl halides is 6. The number of halogens is 6. The third-order valence-corrected chi connectivity index (χ3v) is 7.81. The van der Waals surface area contributed by atoms with Crippen LogP contribution >= 0.6 is 0 Å². The second-order valence-electron chi connectivity index (χ2n) is 7.96. The molecule has 1 N–H and O–H groups in total. The van der Waals surface area contributed by atoms with Crippen LogP contribution < -0.4 is 5.32 Å². The van der Waals surface area contributed by atoms with Crippen molar-refractivity contribution in [2.45, 2.75) is 55.9 Å². The fourth-order valence-corrected chi connectivity index (χ4v) is 5.47. The first kappa shape index (κ1) is 23.7. The Morgan fingerprint density at radius 3 is 2.52 bits per heavy atom. The Kier molecular flexibility index (Phi) is 6.28. The molecule has 182 valence electrons. The first-order valence-corrected chi connectivity index (χ1v) is 11.6. The molecule has 0 unspecified atom stereocenters. The quantitative estimate of drug-likeness (QED) is 0.591. The molecule has 0 amide bonds. The van der Waals surface area contributed by atoms with Crippen LogP contribution in [0.4, 0.5) is 32.3 Å². The van der Waals surface area contributed by atoms with Crippen LogP contribution in [0.1, 0.15) is 24.8 Å². The zero-order valence-corrected chi connectivity index (χ0v) is 17.8. The van der Waals surface area contributed by atoms with E-state index in [-0.39, 0.29) is 31.2 Å². The van der Waals surface area contributed by atoms with E-state index in [2.05, 4.69) is 20.3 Å². The maximum absolute atomic E-state index is 14.7. The Morgan fingerprint density at radius 2 is 1.91 bits per heavy atom. The van der Waals surface area contributed by atoms with E-state index < -0.39 is 57.9 Å². The third kappa shape index (κ3) is 5.23. The van der Waals surface area contributed by atoms with Crippen molar-refractivity contribution in [1.82, 2.24) is 23.8 Å². The number of nitrogens with one attached hydrogen (secondary N) is 1. The number of hydrogen-bond acceptors (Lipinski definition) is 6. The molecule has 0 aromatic carbocycles. The van der Waals surface area contributed by atoms with Crippen molar-refractivity contribution in [3.05, 3.63) is 24.3 Å². The van der Waals surface area contributed by atoms with E-state index in [1.54, 1.807) is 0 Å². The average molecular weight is 498 g/mol. The molecule has 15 heteroatoms. The highest BCUT2D eigenvalue weighted by Crippen LogP contribution is 2.36. The number of nitrogens with zero attached hydrogens (tertiary/aromatic N) is 5. The van der Waals surface area contributed by atoms with Gasteiger partial charge in [0.15, 0.2) is 0 Å². The number of piperidine rings is 1. The van der Waals surface area contributed by atoms with Gasteiger partial charge in [-0.25, -0.2) is 36.5 Å².